The third-order valence-corrected chi connectivity index (χ3v) is 3.46. The maximum atomic E-state index is 5.95. The lowest BCUT2D eigenvalue weighted by atomic mass is 10.0. The Morgan fingerprint density at radius 2 is 1.76 bits per heavy atom. The van der Waals surface area contributed by atoms with Crippen LogP contribution >= 0.6 is 23.2 Å². The van der Waals surface area contributed by atoms with Gasteiger partial charge in [0.15, 0.2) is 0 Å². The quantitative estimate of drug-likeness (QED) is 0.907. The average Bonchev–Trinajstić information content (AvgIpc) is 2.29. The zero-order valence-corrected chi connectivity index (χ0v) is 11.2. The Hall–Kier alpha value is -0.280. The van der Waals surface area contributed by atoms with Gasteiger partial charge in [0.1, 0.15) is 0 Å². The molecule has 1 aromatic carbocycles. The van der Waals surface area contributed by atoms with Gasteiger partial charge in [0, 0.05) is 29.8 Å². The molecule has 0 unspecified atom stereocenters. The Bertz CT molecular complexity index is 344. The molecule has 2 rings (SSSR count). The van der Waals surface area contributed by atoms with Crippen LogP contribution in [0.2, 0.25) is 10.0 Å². The Morgan fingerprint density at radius 3 is 2.41 bits per heavy atom. The summed E-state index contributed by atoms with van der Waals surface area (Å²) in [7, 11) is 0. The van der Waals surface area contributed by atoms with E-state index in [-0.39, 0.29) is 0 Å². The van der Waals surface area contributed by atoms with Crippen molar-refractivity contribution in [3.63, 3.8) is 0 Å². The largest absolute Gasteiger partial charge is 0.381 e. The molecule has 0 aliphatic carbocycles. The van der Waals surface area contributed by atoms with Gasteiger partial charge in [-0.3, -0.25) is 0 Å². The van der Waals surface area contributed by atoms with Crippen molar-refractivity contribution < 1.29 is 4.74 Å². The van der Waals surface area contributed by atoms with E-state index in [9.17, 15) is 0 Å². The highest BCUT2D eigenvalue weighted by Gasteiger charge is 2.12. The van der Waals surface area contributed by atoms with E-state index >= 15 is 0 Å². The molecule has 1 saturated heterocycles. The van der Waals surface area contributed by atoms with Crippen LogP contribution in [0.5, 0.6) is 0 Å². The van der Waals surface area contributed by atoms with E-state index in [2.05, 4.69) is 5.32 Å². The smallest absolute Gasteiger partial charge is 0.0469 e. The van der Waals surface area contributed by atoms with Gasteiger partial charge in [-0.2, -0.15) is 0 Å². The molecule has 0 atom stereocenters. The fourth-order valence-corrected chi connectivity index (χ4v) is 2.66. The fourth-order valence-electron chi connectivity index (χ4n) is 2.08. The van der Waals surface area contributed by atoms with Crippen molar-refractivity contribution in [1.29, 1.82) is 0 Å². The minimum atomic E-state index is 0.695. The van der Waals surface area contributed by atoms with Crippen LogP contribution < -0.4 is 5.32 Å². The molecule has 0 aromatic heterocycles. The molecule has 0 spiro atoms. The van der Waals surface area contributed by atoms with E-state index in [0.717, 1.165) is 50.6 Å². The van der Waals surface area contributed by atoms with Gasteiger partial charge in [-0.25, -0.2) is 0 Å². The summed E-state index contributed by atoms with van der Waals surface area (Å²) in [6.07, 6.45) is 2.31. The Morgan fingerprint density at radius 1 is 1.12 bits per heavy atom. The highest BCUT2D eigenvalue weighted by molar-refractivity contribution is 6.34. The summed E-state index contributed by atoms with van der Waals surface area (Å²) in [5, 5.41) is 4.84. The minimum Gasteiger partial charge on any atom is -0.381 e. The third-order valence-electron chi connectivity index (χ3n) is 3.03. The lowest BCUT2D eigenvalue weighted by molar-refractivity contribution is 0.0662. The van der Waals surface area contributed by atoms with Crippen molar-refractivity contribution >= 4 is 23.2 Å². The van der Waals surface area contributed by atoms with Crippen molar-refractivity contribution in [3.8, 4) is 0 Å². The second-order valence-electron chi connectivity index (χ2n) is 4.46. The average molecular weight is 274 g/mol. The molecule has 4 heteroatoms. The number of hydrogen-bond acceptors (Lipinski definition) is 2. The number of rotatable bonds is 4. The van der Waals surface area contributed by atoms with E-state index in [1.807, 2.05) is 12.1 Å². The van der Waals surface area contributed by atoms with Crippen LogP contribution in [0.4, 0.5) is 0 Å². The summed E-state index contributed by atoms with van der Waals surface area (Å²) in [4.78, 5) is 0. The van der Waals surface area contributed by atoms with Crippen molar-refractivity contribution in [2.75, 3.05) is 19.8 Å². The first-order chi connectivity index (χ1) is 8.24. The van der Waals surface area contributed by atoms with E-state index < -0.39 is 0 Å². The third kappa shape index (κ3) is 4.47. The van der Waals surface area contributed by atoms with Crippen molar-refractivity contribution in [1.82, 2.24) is 5.32 Å². The molecule has 1 heterocycles. The molecule has 2 nitrogen and oxygen atoms in total. The molecule has 0 saturated carbocycles. The zero-order chi connectivity index (χ0) is 12.1. The molecule has 1 aliphatic rings. The Kier molecular flexibility index (Phi) is 5.11. The molecule has 1 N–H and O–H groups in total. The predicted molar refractivity (Wildman–Crippen MR) is 71.7 cm³/mol. The van der Waals surface area contributed by atoms with Crippen molar-refractivity contribution in [2.45, 2.75) is 19.4 Å². The lowest BCUT2D eigenvalue weighted by Crippen LogP contribution is -2.27. The fraction of sp³-hybridized carbons (Fsp3) is 0.538. The molecule has 17 heavy (non-hydrogen) atoms. The maximum absolute atomic E-state index is 5.95. The number of nitrogens with one attached hydrogen (secondary N) is 1. The van der Waals surface area contributed by atoms with Gasteiger partial charge in [-0.15, -0.1) is 0 Å². The summed E-state index contributed by atoms with van der Waals surface area (Å²) in [6.45, 7) is 3.65. The first-order valence-corrected chi connectivity index (χ1v) is 6.73. The first-order valence-electron chi connectivity index (χ1n) is 5.97. The van der Waals surface area contributed by atoms with Gasteiger partial charge >= 0.3 is 0 Å². The van der Waals surface area contributed by atoms with E-state index in [1.54, 1.807) is 6.07 Å². The summed E-state index contributed by atoms with van der Waals surface area (Å²) >= 11 is 11.9. The molecular formula is C13H17Cl2NO. The normalized spacial score (nSPS) is 17.3. The molecule has 1 aliphatic heterocycles. The molecule has 0 radical (unpaired) electrons. The first kappa shape index (κ1) is 13.2. The van der Waals surface area contributed by atoms with Crippen LogP contribution in [0.25, 0.3) is 0 Å². The second-order valence-corrected chi connectivity index (χ2v) is 5.34. The van der Waals surface area contributed by atoms with Crippen molar-refractivity contribution in [3.05, 3.63) is 33.8 Å². The summed E-state index contributed by atoms with van der Waals surface area (Å²) < 4.78 is 5.33. The van der Waals surface area contributed by atoms with Gasteiger partial charge in [0.05, 0.1) is 0 Å². The summed E-state index contributed by atoms with van der Waals surface area (Å²) in [5.41, 5.74) is 1.13. The van der Waals surface area contributed by atoms with Crippen LogP contribution in [0, 0.1) is 5.92 Å². The van der Waals surface area contributed by atoms with E-state index in [0.29, 0.717) is 10.0 Å². The predicted octanol–water partition coefficient (Wildman–Crippen LogP) is 3.51. The molecular weight excluding hydrogens is 257 g/mol. The van der Waals surface area contributed by atoms with E-state index in [1.165, 1.54) is 0 Å². The van der Waals surface area contributed by atoms with Crippen LogP contribution in [0.15, 0.2) is 18.2 Å². The minimum absolute atomic E-state index is 0.695. The van der Waals surface area contributed by atoms with Crippen molar-refractivity contribution in [2.24, 2.45) is 5.92 Å². The van der Waals surface area contributed by atoms with E-state index in [4.69, 9.17) is 27.9 Å². The monoisotopic (exact) mass is 273 g/mol. The number of hydrogen-bond donors (Lipinski definition) is 1. The second kappa shape index (κ2) is 6.60. The van der Waals surface area contributed by atoms with Gasteiger partial charge in [0.25, 0.3) is 0 Å². The maximum Gasteiger partial charge on any atom is 0.0469 e. The van der Waals surface area contributed by atoms with Crippen LogP contribution in [0.1, 0.15) is 18.4 Å². The van der Waals surface area contributed by atoms with Crippen LogP contribution in [-0.2, 0) is 11.3 Å². The Labute approximate surface area is 112 Å². The molecule has 0 amide bonds. The van der Waals surface area contributed by atoms with Gasteiger partial charge < -0.3 is 10.1 Å². The topological polar surface area (TPSA) is 21.3 Å². The number of benzene rings is 1. The molecule has 1 aromatic rings. The van der Waals surface area contributed by atoms with Gasteiger partial charge in [-0.05, 0) is 49.1 Å². The Balaban J connectivity index is 1.77. The summed E-state index contributed by atoms with van der Waals surface area (Å²) in [5.74, 6) is 0.735. The van der Waals surface area contributed by atoms with Crippen LogP contribution in [0.3, 0.4) is 0 Å². The zero-order valence-electron chi connectivity index (χ0n) is 9.72. The van der Waals surface area contributed by atoms with Gasteiger partial charge in [-0.1, -0.05) is 23.2 Å². The highest BCUT2D eigenvalue weighted by atomic mass is 35.5. The molecule has 94 valence electrons. The number of halogens is 2. The highest BCUT2D eigenvalue weighted by Crippen LogP contribution is 2.19. The standard InChI is InChI=1S/C13H17Cl2NO/c14-12-5-11(6-13(15)7-12)9-16-8-10-1-3-17-4-2-10/h5-7,10,16H,1-4,8-9H2. The molecule has 1 fully saturated rings. The van der Waals surface area contributed by atoms with Crippen LogP contribution in [-0.4, -0.2) is 19.8 Å². The number of ether oxygens (including phenoxy) is 1. The van der Waals surface area contributed by atoms with Gasteiger partial charge in [0.2, 0.25) is 0 Å². The molecule has 0 bridgehead atoms. The summed E-state index contributed by atoms with van der Waals surface area (Å²) in [6, 6.07) is 5.65. The SMILES string of the molecule is Clc1cc(Cl)cc(CNCC2CCOCC2)c1. The lowest BCUT2D eigenvalue weighted by Gasteiger charge is -2.22.